The summed E-state index contributed by atoms with van der Waals surface area (Å²) in [6.07, 6.45) is 0.413. The molecule has 1 aromatic heterocycles. The third-order valence-electron chi connectivity index (χ3n) is 3.41. The highest BCUT2D eigenvalue weighted by Gasteiger charge is 2.07. The maximum atomic E-state index is 12.1. The van der Waals surface area contributed by atoms with Gasteiger partial charge in [0.05, 0.1) is 0 Å². The number of hydrogen-bond acceptors (Lipinski definition) is 5. The van der Waals surface area contributed by atoms with E-state index in [2.05, 4.69) is 20.5 Å². The van der Waals surface area contributed by atoms with E-state index < -0.39 is 5.91 Å². The molecule has 0 aliphatic heterocycles. The predicted octanol–water partition coefficient (Wildman–Crippen LogP) is 1.60. The number of nitrogens with one attached hydrogen (secondary N) is 2. The first kappa shape index (κ1) is 15.4. The molecule has 0 saturated heterocycles. The zero-order valence-corrected chi connectivity index (χ0v) is 12.7. The molecule has 2 aromatic carbocycles. The fraction of sp³-hybridized carbons (Fsp3) is 0.0588. The lowest BCUT2D eigenvalue weighted by atomic mass is 10.1. The maximum absolute atomic E-state index is 12.1. The first-order valence-corrected chi connectivity index (χ1v) is 7.28. The van der Waals surface area contributed by atoms with Crippen molar-refractivity contribution in [1.82, 2.24) is 15.2 Å². The van der Waals surface area contributed by atoms with Gasteiger partial charge in [0.1, 0.15) is 5.69 Å². The van der Waals surface area contributed by atoms with Crippen LogP contribution in [0.2, 0.25) is 0 Å². The summed E-state index contributed by atoms with van der Waals surface area (Å²) < 4.78 is 0. The van der Waals surface area contributed by atoms with Crippen molar-refractivity contribution < 1.29 is 4.79 Å². The molecule has 0 fully saturated rings. The van der Waals surface area contributed by atoms with Gasteiger partial charge in [-0.2, -0.15) is 0 Å². The third-order valence-corrected chi connectivity index (χ3v) is 3.41. The number of primary amides is 1. The van der Waals surface area contributed by atoms with Crippen molar-refractivity contribution in [2.24, 2.45) is 5.73 Å². The van der Waals surface area contributed by atoms with Crippen LogP contribution in [-0.4, -0.2) is 21.1 Å². The molecular weight excluding hydrogens is 306 g/mol. The van der Waals surface area contributed by atoms with E-state index in [1.807, 2.05) is 30.3 Å². The zero-order valence-electron chi connectivity index (χ0n) is 12.7. The highest BCUT2D eigenvalue weighted by molar-refractivity contribution is 5.93. The molecule has 0 atom stereocenters. The summed E-state index contributed by atoms with van der Waals surface area (Å²) in [5, 5.41) is 10.9. The Morgan fingerprint density at radius 3 is 2.38 bits per heavy atom. The standard InChI is InChI=1S/C17H15N5O2/c18-15(23)12-6-8-13(9-7-12)19-17-20-16(24)14(21-22-17)10-11-4-2-1-3-5-11/h1-9H,10H2,(H2,18,23)(H2,19,20,22,24). The Morgan fingerprint density at radius 2 is 1.75 bits per heavy atom. The summed E-state index contributed by atoms with van der Waals surface area (Å²) in [6.45, 7) is 0. The van der Waals surface area contributed by atoms with Crippen LogP contribution < -0.4 is 16.6 Å². The van der Waals surface area contributed by atoms with Crippen molar-refractivity contribution in [3.8, 4) is 0 Å². The molecule has 0 radical (unpaired) electrons. The minimum absolute atomic E-state index is 0.226. The Morgan fingerprint density at radius 1 is 1.04 bits per heavy atom. The van der Waals surface area contributed by atoms with Crippen molar-refractivity contribution in [2.75, 3.05) is 5.32 Å². The number of carbonyl (C=O) groups excluding carboxylic acids is 1. The average molecular weight is 321 g/mol. The first-order chi connectivity index (χ1) is 11.6. The molecule has 0 bridgehead atoms. The van der Waals surface area contributed by atoms with E-state index in [1.54, 1.807) is 24.3 Å². The van der Waals surface area contributed by atoms with E-state index in [0.717, 1.165) is 5.56 Å². The van der Waals surface area contributed by atoms with Gasteiger partial charge in [-0.3, -0.25) is 14.6 Å². The molecule has 1 heterocycles. The SMILES string of the molecule is NC(=O)c1ccc(Nc2nnc(Cc3ccccc3)c(=O)[nH]2)cc1. The monoisotopic (exact) mass is 321 g/mol. The minimum Gasteiger partial charge on any atom is -0.366 e. The molecule has 0 saturated carbocycles. The van der Waals surface area contributed by atoms with Gasteiger partial charge in [-0.1, -0.05) is 30.3 Å². The van der Waals surface area contributed by atoms with Crippen LogP contribution in [0.3, 0.4) is 0 Å². The normalized spacial score (nSPS) is 10.3. The summed E-state index contributed by atoms with van der Waals surface area (Å²) in [5.74, 6) is -0.274. The van der Waals surface area contributed by atoms with Crippen LogP contribution in [-0.2, 0) is 6.42 Å². The smallest absolute Gasteiger partial charge is 0.274 e. The Kier molecular flexibility index (Phi) is 4.33. The molecule has 7 nitrogen and oxygen atoms in total. The van der Waals surface area contributed by atoms with Crippen LogP contribution in [0.15, 0.2) is 59.4 Å². The van der Waals surface area contributed by atoms with Crippen LogP contribution >= 0.6 is 0 Å². The minimum atomic E-state index is -0.500. The molecule has 0 spiro atoms. The second-order valence-corrected chi connectivity index (χ2v) is 5.18. The van der Waals surface area contributed by atoms with E-state index in [4.69, 9.17) is 5.73 Å². The molecule has 0 aliphatic rings. The van der Waals surface area contributed by atoms with Crippen molar-refractivity contribution in [2.45, 2.75) is 6.42 Å². The van der Waals surface area contributed by atoms with Gasteiger partial charge in [-0.15, -0.1) is 10.2 Å². The molecule has 4 N–H and O–H groups in total. The second kappa shape index (κ2) is 6.74. The largest absolute Gasteiger partial charge is 0.366 e. The van der Waals surface area contributed by atoms with Gasteiger partial charge in [0.25, 0.3) is 5.56 Å². The third kappa shape index (κ3) is 3.64. The number of carbonyl (C=O) groups is 1. The predicted molar refractivity (Wildman–Crippen MR) is 90.1 cm³/mol. The molecule has 1 amide bonds. The highest BCUT2D eigenvalue weighted by atomic mass is 16.1. The van der Waals surface area contributed by atoms with E-state index in [-0.39, 0.29) is 11.5 Å². The number of rotatable bonds is 5. The Balaban J connectivity index is 1.75. The number of benzene rings is 2. The summed E-state index contributed by atoms with van der Waals surface area (Å²) in [7, 11) is 0. The fourth-order valence-electron chi connectivity index (χ4n) is 2.18. The molecule has 3 rings (SSSR count). The van der Waals surface area contributed by atoms with Crippen LogP contribution in [0.5, 0.6) is 0 Å². The van der Waals surface area contributed by atoms with E-state index in [9.17, 15) is 9.59 Å². The van der Waals surface area contributed by atoms with E-state index in [1.165, 1.54) is 0 Å². The van der Waals surface area contributed by atoms with Crippen molar-refractivity contribution >= 4 is 17.5 Å². The van der Waals surface area contributed by atoms with Gasteiger partial charge in [-0.25, -0.2) is 0 Å². The molecule has 7 heteroatoms. The molecule has 120 valence electrons. The number of nitrogens with two attached hydrogens (primary N) is 1. The summed E-state index contributed by atoms with van der Waals surface area (Å²) in [5.41, 5.74) is 7.27. The van der Waals surface area contributed by atoms with Crippen molar-refractivity contribution in [1.29, 1.82) is 0 Å². The first-order valence-electron chi connectivity index (χ1n) is 7.28. The number of aromatic nitrogens is 3. The molecule has 0 unspecified atom stereocenters. The number of aromatic amines is 1. The number of hydrogen-bond donors (Lipinski definition) is 3. The summed E-state index contributed by atoms with van der Waals surface area (Å²) in [4.78, 5) is 25.8. The molecule has 0 aliphatic carbocycles. The van der Waals surface area contributed by atoms with Gasteiger partial charge in [0.15, 0.2) is 0 Å². The topological polar surface area (TPSA) is 114 Å². The van der Waals surface area contributed by atoms with Crippen LogP contribution in [0.25, 0.3) is 0 Å². The number of nitrogens with zero attached hydrogens (tertiary/aromatic N) is 2. The summed E-state index contributed by atoms with van der Waals surface area (Å²) in [6, 6.07) is 16.1. The quantitative estimate of drug-likeness (QED) is 0.660. The number of H-pyrrole nitrogens is 1. The van der Waals surface area contributed by atoms with Gasteiger partial charge >= 0.3 is 0 Å². The van der Waals surface area contributed by atoms with Crippen molar-refractivity contribution in [3.05, 3.63) is 81.8 Å². The molecule has 24 heavy (non-hydrogen) atoms. The lowest BCUT2D eigenvalue weighted by molar-refractivity contribution is 0.100. The average Bonchev–Trinajstić information content (AvgIpc) is 2.59. The lowest BCUT2D eigenvalue weighted by Gasteiger charge is -2.06. The number of amides is 1. The van der Waals surface area contributed by atoms with E-state index >= 15 is 0 Å². The van der Waals surface area contributed by atoms with Gasteiger partial charge in [-0.05, 0) is 29.8 Å². The van der Waals surface area contributed by atoms with Gasteiger partial charge in [0.2, 0.25) is 11.9 Å². The maximum Gasteiger partial charge on any atom is 0.274 e. The highest BCUT2D eigenvalue weighted by Crippen LogP contribution is 2.12. The molecular formula is C17H15N5O2. The van der Waals surface area contributed by atoms with Crippen LogP contribution in [0.4, 0.5) is 11.6 Å². The van der Waals surface area contributed by atoms with Gasteiger partial charge in [0, 0.05) is 17.7 Å². The van der Waals surface area contributed by atoms with Crippen LogP contribution in [0, 0.1) is 0 Å². The number of anilines is 2. The van der Waals surface area contributed by atoms with Crippen LogP contribution in [0.1, 0.15) is 21.6 Å². The zero-order chi connectivity index (χ0) is 16.9. The summed E-state index contributed by atoms with van der Waals surface area (Å²) >= 11 is 0. The Labute approximate surface area is 137 Å². The van der Waals surface area contributed by atoms with Gasteiger partial charge < -0.3 is 11.1 Å². The lowest BCUT2D eigenvalue weighted by Crippen LogP contribution is -2.18. The molecule has 3 aromatic rings. The van der Waals surface area contributed by atoms with E-state index in [0.29, 0.717) is 23.4 Å². The fourth-order valence-corrected chi connectivity index (χ4v) is 2.18. The Hall–Kier alpha value is -3.48. The van der Waals surface area contributed by atoms with Crippen molar-refractivity contribution in [3.63, 3.8) is 0 Å². The Bertz CT molecular complexity index is 904. The second-order valence-electron chi connectivity index (χ2n) is 5.18.